The van der Waals surface area contributed by atoms with Gasteiger partial charge in [0.2, 0.25) is 0 Å². The minimum atomic E-state index is 0.0512. The van der Waals surface area contributed by atoms with Crippen LogP contribution in [0.15, 0.2) is 96.5 Å². The van der Waals surface area contributed by atoms with Crippen LogP contribution in [0.1, 0.15) is 26.5 Å². The largest absolute Gasteiger partial charge is 0.489 e. The van der Waals surface area contributed by atoms with Gasteiger partial charge in [0.25, 0.3) is 5.91 Å². The number of nitrogens with zero attached hydrogens (tertiary/aromatic N) is 2. The summed E-state index contributed by atoms with van der Waals surface area (Å²) in [4.78, 5) is 20.1. The smallest absolute Gasteiger partial charge is 0.264 e. The molecule has 0 aliphatic heterocycles. The van der Waals surface area contributed by atoms with Crippen molar-refractivity contribution in [3.8, 4) is 5.75 Å². The Morgan fingerprint density at radius 3 is 2.39 bits per heavy atom. The molecule has 0 radical (unpaired) electrons. The van der Waals surface area contributed by atoms with E-state index in [4.69, 9.17) is 4.74 Å². The Hall–Kier alpha value is -3.44. The van der Waals surface area contributed by atoms with E-state index in [2.05, 4.69) is 4.98 Å². The summed E-state index contributed by atoms with van der Waals surface area (Å²) in [5, 5.41) is 1.93. The first-order valence-corrected chi connectivity index (χ1v) is 11.1. The number of thiophene rings is 1. The summed E-state index contributed by atoms with van der Waals surface area (Å²) in [7, 11) is 0. The first-order valence-electron chi connectivity index (χ1n) is 10.3. The van der Waals surface area contributed by atoms with Crippen LogP contribution in [-0.4, -0.2) is 22.3 Å². The van der Waals surface area contributed by atoms with Crippen LogP contribution in [0.4, 0.5) is 0 Å². The minimum Gasteiger partial charge on any atom is -0.489 e. The highest BCUT2D eigenvalue weighted by Crippen LogP contribution is 2.18. The van der Waals surface area contributed by atoms with Crippen molar-refractivity contribution in [1.29, 1.82) is 0 Å². The zero-order valence-corrected chi connectivity index (χ0v) is 18.0. The van der Waals surface area contributed by atoms with E-state index in [1.165, 1.54) is 11.3 Å². The van der Waals surface area contributed by atoms with E-state index in [9.17, 15) is 4.79 Å². The molecule has 5 heteroatoms. The van der Waals surface area contributed by atoms with Gasteiger partial charge in [-0.2, -0.15) is 0 Å². The molecular weight excluding hydrogens is 404 g/mol. The van der Waals surface area contributed by atoms with Gasteiger partial charge in [-0.25, -0.2) is 0 Å². The monoisotopic (exact) mass is 428 g/mol. The standard InChI is InChI=1S/C26H24N2O2S/c29-26(25-10-6-18-31-25)28(17-15-23-9-4-5-16-27-23)19-21-11-13-24(14-12-21)30-20-22-7-2-1-3-8-22/h1-14,16,18H,15,17,19-20H2. The van der Waals surface area contributed by atoms with Crippen molar-refractivity contribution in [2.45, 2.75) is 19.6 Å². The fourth-order valence-corrected chi connectivity index (χ4v) is 3.95. The normalized spacial score (nSPS) is 10.6. The SMILES string of the molecule is O=C(c1cccs1)N(CCc1ccccn1)Cc1ccc(OCc2ccccc2)cc1. The summed E-state index contributed by atoms with van der Waals surface area (Å²) in [6.45, 7) is 1.69. The van der Waals surface area contributed by atoms with E-state index in [-0.39, 0.29) is 5.91 Å². The lowest BCUT2D eigenvalue weighted by Gasteiger charge is -2.22. The van der Waals surface area contributed by atoms with Gasteiger partial charge in [-0.3, -0.25) is 9.78 Å². The molecule has 4 rings (SSSR count). The number of hydrogen-bond donors (Lipinski definition) is 0. The van der Waals surface area contributed by atoms with Gasteiger partial charge >= 0.3 is 0 Å². The van der Waals surface area contributed by atoms with Crippen LogP contribution in [0, 0.1) is 0 Å². The van der Waals surface area contributed by atoms with Gasteiger partial charge in [0.15, 0.2) is 0 Å². The number of benzene rings is 2. The molecular formula is C26H24N2O2S. The molecule has 0 atom stereocenters. The molecule has 156 valence electrons. The zero-order valence-electron chi connectivity index (χ0n) is 17.2. The number of amides is 1. The Balaban J connectivity index is 1.41. The van der Waals surface area contributed by atoms with Crippen LogP contribution in [0.2, 0.25) is 0 Å². The fourth-order valence-electron chi connectivity index (χ4n) is 3.26. The summed E-state index contributed by atoms with van der Waals surface area (Å²) in [6, 6.07) is 27.7. The number of ether oxygens (including phenoxy) is 1. The fraction of sp³-hybridized carbons (Fsp3) is 0.154. The highest BCUT2D eigenvalue weighted by atomic mass is 32.1. The van der Waals surface area contributed by atoms with E-state index in [1.807, 2.05) is 95.2 Å². The molecule has 4 aromatic rings. The molecule has 0 aliphatic rings. The van der Waals surface area contributed by atoms with E-state index in [0.29, 0.717) is 19.7 Å². The molecule has 0 aliphatic carbocycles. The molecule has 0 N–H and O–H groups in total. The van der Waals surface area contributed by atoms with Gasteiger partial charge in [0, 0.05) is 31.4 Å². The first-order chi connectivity index (χ1) is 15.3. The first kappa shape index (κ1) is 20.8. The summed E-state index contributed by atoms with van der Waals surface area (Å²) in [5.74, 6) is 0.868. The maximum Gasteiger partial charge on any atom is 0.264 e. The van der Waals surface area contributed by atoms with Crippen molar-refractivity contribution >= 4 is 17.2 Å². The minimum absolute atomic E-state index is 0.0512. The van der Waals surface area contributed by atoms with Crippen molar-refractivity contribution in [3.05, 3.63) is 118 Å². The van der Waals surface area contributed by atoms with Crippen LogP contribution >= 0.6 is 11.3 Å². The van der Waals surface area contributed by atoms with Crippen molar-refractivity contribution in [2.75, 3.05) is 6.54 Å². The number of hydrogen-bond acceptors (Lipinski definition) is 4. The third-order valence-electron chi connectivity index (χ3n) is 4.93. The van der Waals surface area contributed by atoms with Crippen LogP contribution < -0.4 is 4.74 Å². The summed E-state index contributed by atoms with van der Waals surface area (Å²) < 4.78 is 5.88. The lowest BCUT2D eigenvalue weighted by atomic mass is 10.1. The number of pyridine rings is 1. The van der Waals surface area contributed by atoms with Gasteiger partial charge in [0.1, 0.15) is 12.4 Å². The maximum atomic E-state index is 13.0. The molecule has 0 saturated carbocycles. The second-order valence-corrected chi connectivity index (χ2v) is 8.14. The van der Waals surface area contributed by atoms with Crippen LogP contribution in [0.25, 0.3) is 0 Å². The summed E-state index contributed by atoms with van der Waals surface area (Å²) in [5.41, 5.74) is 3.18. The predicted octanol–water partition coefficient (Wildman–Crippen LogP) is 5.61. The second-order valence-electron chi connectivity index (χ2n) is 7.19. The van der Waals surface area contributed by atoms with Crippen LogP contribution in [-0.2, 0) is 19.6 Å². The lowest BCUT2D eigenvalue weighted by Crippen LogP contribution is -2.32. The number of carbonyl (C=O) groups is 1. The highest BCUT2D eigenvalue weighted by molar-refractivity contribution is 7.12. The van der Waals surface area contributed by atoms with Gasteiger partial charge in [-0.15, -0.1) is 11.3 Å². The molecule has 4 nitrogen and oxygen atoms in total. The Morgan fingerprint density at radius 1 is 0.871 bits per heavy atom. The van der Waals surface area contributed by atoms with E-state index in [1.54, 1.807) is 6.20 Å². The summed E-state index contributed by atoms with van der Waals surface area (Å²) >= 11 is 1.47. The zero-order chi connectivity index (χ0) is 21.3. The van der Waals surface area contributed by atoms with E-state index in [0.717, 1.165) is 33.9 Å². The van der Waals surface area contributed by atoms with Crippen molar-refractivity contribution in [1.82, 2.24) is 9.88 Å². The molecule has 0 bridgehead atoms. The molecule has 2 aromatic carbocycles. The molecule has 31 heavy (non-hydrogen) atoms. The quantitative estimate of drug-likeness (QED) is 0.348. The van der Waals surface area contributed by atoms with Crippen LogP contribution in [0.3, 0.4) is 0 Å². The van der Waals surface area contributed by atoms with Gasteiger partial charge < -0.3 is 9.64 Å². The van der Waals surface area contributed by atoms with Gasteiger partial charge in [0.05, 0.1) is 4.88 Å². The highest BCUT2D eigenvalue weighted by Gasteiger charge is 2.17. The van der Waals surface area contributed by atoms with E-state index < -0.39 is 0 Å². The molecule has 2 aromatic heterocycles. The Kier molecular flexibility index (Phi) is 7.08. The lowest BCUT2D eigenvalue weighted by molar-refractivity contribution is 0.0749. The second kappa shape index (κ2) is 10.5. The maximum absolute atomic E-state index is 13.0. The number of carbonyl (C=O) groups excluding carboxylic acids is 1. The summed E-state index contributed by atoms with van der Waals surface area (Å²) in [6.07, 6.45) is 2.51. The molecule has 0 unspecified atom stereocenters. The van der Waals surface area contributed by atoms with Crippen molar-refractivity contribution < 1.29 is 9.53 Å². The Labute approximate surface area is 186 Å². The number of aromatic nitrogens is 1. The molecule has 0 spiro atoms. The van der Waals surface area contributed by atoms with Gasteiger partial charge in [-0.1, -0.05) is 54.6 Å². The third kappa shape index (κ3) is 6.03. The molecule has 0 fully saturated rings. The van der Waals surface area contributed by atoms with Gasteiger partial charge in [-0.05, 0) is 46.8 Å². The molecule has 0 saturated heterocycles. The Bertz CT molecular complexity index is 1070. The van der Waals surface area contributed by atoms with E-state index >= 15 is 0 Å². The average molecular weight is 429 g/mol. The Morgan fingerprint density at radius 2 is 1.68 bits per heavy atom. The topological polar surface area (TPSA) is 42.4 Å². The predicted molar refractivity (Wildman–Crippen MR) is 124 cm³/mol. The molecule has 1 amide bonds. The van der Waals surface area contributed by atoms with Crippen LogP contribution in [0.5, 0.6) is 5.75 Å². The molecule has 2 heterocycles. The third-order valence-corrected chi connectivity index (χ3v) is 5.79. The average Bonchev–Trinajstić information content (AvgIpc) is 3.37. The van der Waals surface area contributed by atoms with Crippen molar-refractivity contribution in [2.24, 2.45) is 0 Å². The number of rotatable bonds is 9. The van der Waals surface area contributed by atoms with Crippen molar-refractivity contribution in [3.63, 3.8) is 0 Å².